The van der Waals surface area contributed by atoms with Crippen LogP contribution in [0.2, 0.25) is 0 Å². The van der Waals surface area contributed by atoms with Gasteiger partial charge in [0.05, 0.1) is 17.8 Å². The van der Waals surface area contributed by atoms with Crippen molar-refractivity contribution >= 4 is 12.9 Å². The predicted octanol–water partition coefficient (Wildman–Crippen LogP) is 1.38. The number of methoxy groups -OCH3 is 1. The van der Waals surface area contributed by atoms with E-state index in [0.29, 0.717) is 7.48 Å². The first-order valence-electron chi connectivity index (χ1n) is 6.20. The molecule has 0 aromatic heterocycles. The molecule has 1 rings (SSSR count). The second kappa shape index (κ2) is 5.87. The van der Waals surface area contributed by atoms with Gasteiger partial charge in [-0.25, -0.2) is 0 Å². The minimum absolute atomic E-state index is 0.0563. The van der Waals surface area contributed by atoms with E-state index in [1.54, 1.807) is 7.11 Å². The second-order valence-corrected chi connectivity index (χ2v) is 5.49. The number of aliphatic hydroxyl groups excluding tert-OH is 1. The molecule has 100 valence electrons. The smallest absolute Gasteiger partial charge is 0.309 e. The molecule has 0 aliphatic heterocycles. The van der Waals surface area contributed by atoms with E-state index in [9.17, 15) is 0 Å². The van der Waals surface area contributed by atoms with Crippen LogP contribution in [0.15, 0.2) is 24.3 Å². The fourth-order valence-corrected chi connectivity index (χ4v) is 1.50. The van der Waals surface area contributed by atoms with Crippen LogP contribution in [0, 0.1) is 0 Å². The van der Waals surface area contributed by atoms with Gasteiger partial charge in [-0.1, -0.05) is 29.7 Å². The predicted molar refractivity (Wildman–Crippen MR) is 75.4 cm³/mol. The maximum Gasteiger partial charge on any atom is 0.309 e. The summed E-state index contributed by atoms with van der Waals surface area (Å²) in [5, 5.41) is 9.10. The van der Waals surface area contributed by atoms with Crippen molar-refractivity contribution in [2.24, 2.45) is 0 Å². The molecule has 3 nitrogen and oxygen atoms in total. The Morgan fingerprint density at radius 3 is 2.39 bits per heavy atom. The summed E-state index contributed by atoms with van der Waals surface area (Å²) in [6.07, 6.45) is 0. The summed E-state index contributed by atoms with van der Waals surface area (Å²) in [5.74, 6) is 0. The van der Waals surface area contributed by atoms with Crippen LogP contribution in [0.25, 0.3) is 0 Å². The molecule has 0 radical (unpaired) electrons. The Labute approximate surface area is 110 Å². The maximum absolute atomic E-state index is 9.10. The van der Waals surface area contributed by atoms with E-state index in [1.165, 1.54) is 0 Å². The topological polar surface area (TPSA) is 38.7 Å². The quantitative estimate of drug-likeness (QED) is 0.775. The third-order valence-corrected chi connectivity index (χ3v) is 3.73. The van der Waals surface area contributed by atoms with Gasteiger partial charge in [-0.15, -0.1) is 0 Å². The zero-order chi connectivity index (χ0) is 13.8. The normalized spacial score (nSPS) is 12.6. The summed E-state index contributed by atoms with van der Waals surface area (Å²) in [4.78, 5) is 0. The molecule has 1 aromatic carbocycles. The van der Waals surface area contributed by atoms with Gasteiger partial charge in [0.2, 0.25) is 0 Å². The van der Waals surface area contributed by atoms with Crippen molar-refractivity contribution < 1.29 is 14.5 Å². The summed E-state index contributed by atoms with van der Waals surface area (Å²) in [6, 6.07) is 7.78. The van der Waals surface area contributed by atoms with Crippen LogP contribution in [0.3, 0.4) is 0 Å². The van der Waals surface area contributed by atoms with E-state index in [0.717, 1.165) is 11.0 Å². The van der Waals surface area contributed by atoms with Crippen molar-refractivity contribution in [3.05, 3.63) is 29.8 Å². The van der Waals surface area contributed by atoms with Gasteiger partial charge in [-0.3, -0.25) is 0 Å². The van der Waals surface area contributed by atoms with Crippen molar-refractivity contribution in [3.63, 3.8) is 0 Å². The molecule has 0 atom stereocenters. The molecule has 0 amide bonds. The Balaban J connectivity index is 2.69. The van der Waals surface area contributed by atoms with Gasteiger partial charge >= 0.3 is 7.48 Å². The first-order valence-corrected chi connectivity index (χ1v) is 6.20. The lowest BCUT2D eigenvalue weighted by Crippen LogP contribution is -2.50. The van der Waals surface area contributed by atoms with E-state index < -0.39 is 5.60 Å². The molecule has 4 heteroatoms. The highest BCUT2D eigenvalue weighted by Crippen LogP contribution is 2.27. The lowest BCUT2D eigenvalue weighted by atomic mass is 9.82. The summed E-state index contributed by atoms with van der Waals surface area (Å²) in [6.45, 7) is 8.12. The van der Waals surface area contributed by atoms with Crippen LogP contribution < -0.4 is 5.46 Å². The van der Waals surface area contributed by atoms with Crippen LogP contribution in [0.1, 0.15) is 33.3 Å². The van der Waals surface area contributed by atoms with E-state index in [-0.39, 0.29) is 12.2 Å². The molecule has 0 bridgehead atoms. The molecule has 0 aliphatic rings. The molecular weight excluding hydrogens is 227 g/mol. The highest BCUT2D eigenvalue weighted by Gasteiger charge is 2.37. The van der Waals surface area contributed by atoms with Crippen molar-refractivity contribution in [2.75, 3.05) is 7.11 Å². The van der Waals surface area contributed by atoms with Gasteiger partial charge < -0.3 is 14.5 Å². The van der Waals surface area contributed by atoms with E-state index in [2.05, 4.69) is 0 Å². The lowest BCUT2D eigenvalue weighted by molar-refractivity contribution is -0.114. The molecule has 0 spiro atoms. The van der Waals surface area contributed by atoms with Crippen LogP contribution in [0.4, 0.5) is 0 Å². The third kappa shape index (κ3) is 3.58. The highest BCUT2D eigenvalue weighted by atomic mass is 16.5. The number of aliphatic hydroxyl groups is 1. The van der Waals surface area contributed by atoms with Gasteiger partial charge in [-0.05, 0) is 33.3 Å². The van der Waals surface area contributed by atoms with Gasteiger partial charge in [0.25, 0.3) is 0 Å². The minimum atomic E-state index is -0.392. The highest BCUT2D eigenvalue weighted by molar-refractivity contribution is 6.47. The van der Waals surface area contributed by atoms with Gasteiger partial charge in [0, 0.05) is 7.11 Å². The molecule has 0 saturated heterocycles. The first-order chi connectivity index (χ1) is 8.32. The number of ether oxygens (including phenoxy) is 1. The average molecular weight is 250 g/mol. The average Bonchev–Trinajstić information content (AvgIpc) is 2.36. The first kappa shape index (κ1) is 15.2. The summed E-state index contributed by atoms with van der Waals surface area (Å²) >= 11 is 0. The standard InChI is InChI=1S/C14H23BO3/c1-13(2,17-5)14(3,4)18-15-12-8-6-7-11(9-12)10-16/h6-9,15-16H,10H2,1-5H3. The van der Waals surface area contributed by atoms with Crippen LogP contribution in [-0.2, 0) is 16.0 Å². The molecule has 0 aliphatic carbocycles. The van der Waals surface area contributed by atoms with Crippen LogP contribution >= 0.6 is 0 Å². The van der Waals surface area contributed by atoms with Crippen molar-refractivity contribution in [2.45, 2.75) is 45.5 Å². The summed E-state index contributed by atoms with van der Waals surface area (Å²) in [7, 11) is 2.20. The van der Waals surface area contributed by atoms with Gasteiger partial charge in [-0.2, -0.15) is 0 Å². The van der Waals surface area contributed by atoms with Crippen molar-refractivity contribution in [3.8, 4) is 0 Å². The number of hydrogen-bond acceptors (Lipinski definition) is 3. The summed E-state index contributed by atoms with van der Waals surface area (Å²) in [5.41, 5.74) is 1.21. The molecule has 1 N–H and O–H groups in total. The SMILES string of the molecule is COC(C)(C)C(C)(C)OBc1cccc(CO)c1. The Morgan fingerprint density at radius 2 is 1.83 bits per heavy atom. The van der Waals surface area contributed by atoms with Crippen molar-refractivity contribution in [1.82, 2.24) is 0 Å². The maximum atomic E-state index is 9.10. The summed E-state index contributed by atoms with van der Waals surface area (Å²) < 4.78 is 11.4. The van der Waals surface area contributed by atoms with Crippen LogP contribution in [0.5, 0.6) is 0 Å². The molecule has 1 aromatic rings. The monoisotopic (exact) mass is 250 g/mol. The number of hydrogen-bond donors (Lipinski definition) is 1. The third-order valence-electron chi connectivity index (χ3n) is 3.73. The second-order valence-electron chi connectivity index (χ2n) is 5.49. The number of benzene rings is 1. The van der Waals surface area contributed by atoms with Gasteiger partial charge in [0.1, 0.15) is 0 Å². The Bertz CT molecular complexity index is 388. The molecular formula is C14H23BO3. The molecule has 0 unspecified atom stereocenters. The Morgan fingerprint density at radius 1 is 1.17 bits per heavy atom. The zero-order valence-corrected chi connectivity index (χ0v) is 12.0. The molecule has 0 fully saturated rings. The molecule has 18 heavy (non-hydrogen) atoms. The van der Waals surface area contributed by atoms with E-state index in [4.69, 9.17) is 14.5 Å². The Hall–Kier alpha value is -0.835. The lowest BCUT2D eigenvalue weighted by Gasteiger charge is -2.40. The van der Waals surface area contributed by atoms with Crippen molar-refractivity contribution in [1.29, 1.82) is 0 Å². The molecule has 0 saturated carbocycles. The van der Waals surface area contributed by atoms with Crippen LogP contribution in [-0.4, -0.2) is 30.9 Å². The largest absolute Gasteiger partial charge is 0.427 e. The fraction of sp³-hybridized carbons (Fsp3) is 0.571. The fourth-order valence-electron chi connectivity index (χ4n) is 1.50. The zero-order valence-electron chi connectivity index (χ0n) is 12.0. The molecule has 0 heterocycles. The minimum Gasteiger partial charge on any atom is -0.427 e. The Kier molecular flexibility index (Phi) is 4.96. The number of rotatable bonds is 6. The van der Waals surface area contributed by atoms with E-state index in [1.807, 2.05) is 52.0 Å². The van der Waals surface area contributed by atoms with Gasteiger partial charge in [0.15, 0.2) is 0 Å². The van der Waals surface area contributed by atoms with E-state index >= 15 is 0 Å².